The van der Waals surface area contributed by atoms with Gasteiger partial charge in [0.2, 0.25) is 5.88 Å². The molecule has 1 aromatic carbocycles. The number of thioether (sulfide) groups is 2. The fourth-order valence-corrected chi connectivity index (χ4v) is 4.99. The Bertz CT molecular complexity index is 714. The fourth-order valence-electron chi connectivity index (χ4n) is 2.18. The lowest BCUT2D eigenvalue weighted by atomic mass is 10.1. The Hall–Kier alpha value is -1.11. The summed E-state index contributed by atoms with van der Waals surface area (Å²) in [6, 6.07) is 6.81. The second-order valence-corrected chi connectivity index (χ2v) is 7.49. The zero-order valence-corrected chi connectivity index (χ0v) is 13.4. The van der Waals surface area contributed by atoms with E-state index in [-0.39, 0.29) is 22.3 Å². The van der Waals surface area contributed by atoms with Gasteiger partial charge in [0.1, 0.15) is 11.4 Å². The van der Waals surface area contributed by atoms with E-state index < -0.39 is 0 Å². The molecule has 3 rings (SSSR count). The molecule has 1 unspecified atom stereocenters. The molecule has 110 valence electrons. The van der Waals surface area contributed by atoms with Gasteiger partial charge in [0, 0.05) is 22.3 Å². The molecule has 7 heteroatoms. The number of hydrogen-bond donors (Lipinski definition) is 2. The maximum Gasteiger partial charge on any atom is 0.262 e. The Morgan fingerprint density at radius 2 is 2.24 bits per heavy atom. The van der Waals surface area contributed by atoms with Crippen molar-refractivity contribution < 1.29 is 5.11 Å². The average Bonchev–Trinajstić information content (AvgIpc) is 2.47. The summed E-state index contributed by atoms with van der Waals surface area (Å²) in [5, 5.41) is 10.8. The minimum absolute atomic E-state index is 0.121. The molecule has 1 atom stereocenters. The van der Waals surface area contributed by atoms with Crippen LogP contribution in [0.1, 0.15) is 11.1 Å². The van der Waals surface area contributed by atoms with Crippen LogP contribution in [-0.4, -0.2) is 32.3 Å². The highest BCUT2D eigenvalue weighted by atomic mass is 35.5. The van der Waals surface area contributed by atoms with Crippen molar-refractivity contribution >= 4 is 35.1 Å². The zero-order valence-electron chi connectivity index (χ0n) is 11.0. The van der Waals surface area contributed by atoms with E-state index in [9.17, 15) is 9.90 Å². The van der Waals surface area contributed by atoms with Gasteiger partial charge in [-0.2, -0.15) is 16.7 Å². The Kier molecular flexibility index (Phi) is 4.47. The smallest absolute Gasteiger partial charge is 0.262 e. The topological polar surface area (TPSA) is 66.0 Å². The summed E-state index contributed by atoms with van der Waals surface area (Å²) in [7, 11) is 0. The van der Waals surface area contributed by atoms with Crippen LogP contribution in [0.25, 0.3) is 11.1 Å². The number of halogens is 1. The second-order valence-electron chi connectivity index (χ2n) is 4.59. The van der Waals surface area contributed by atoms with Crippen LogP contribution in [0.2, 0.25) is 5.02 Å². The molecule has 0 saturated carbocycles. The number of H-pyrrole nitrogens is 1. The van der Waals surface area contributed by atoms with Crippen LogP contribution in [0, 0.1) is 0 Å². The third kappa shape index (κ3) is 3.22. The molecule has 1 fully saturated rings. The standard InChI is InChI=1S/C14H13ClN2O2S2/c15-9-3-1-2-8(6-9)11-13(18)16-12(17-14(11)19)10-7-20-4-5-21-10/h1-3,6,10H,4-5,7H2,(H2,16,17,18,19). The van der Waals surface area contributed by atoms with E-state index in [1.54, 1.807) is 36.0 Å². The minimum Gasteiger partial charge on any atom is -0.493 e. The summed E-state index contributed by atoms with van der Waals surface area (Å²) in [5.41, 5.74) is 0.386. The van der Waals surface area contributed by atoms with E-state index in [2.05, 4.69) is 9.97 Å². The summed E-state index contributed by atoms with van der Waals surface area (Å²) in [6.07, 6.45) is 0. The molecule has 0 aliphatic carbocycles. The number of aromatic hydroxyl groups is 1. The number of hydrogen-bond acceptors (Lipinski definition) is 5. The third-order valence-corrected chi connectivity index (χ3v) is 6.15. The Morgan fingerprint density at radius 3 is 2.90 bits per heavy atom. The van der Waals surface area contributed by atoms with Crippen LogP contribution in [0.3, 0.4) is 0 Å². The first kappa shape index (κ1) is 14.8. The van der Waals surface area contributed by atoms with E-state index in [0.717, 1.165) is 17.3 Å². The van der Waals surface area contributed by atoms with Crippen LogP contribution in [-0.2, 0) is 0 Å². The quantitative estimate of drug-likeness (QED) is 0.878. The van der Waals surface area contributed by atoms with Crippen molar-refractivity contribution in [3.63, 3.8) is 0 Å². The van der Waals surface area contributed by atoms with Gasteiger partial charge < -0.3 is 10.1 Å². The molecule has 2 aromatic rings. The van der Waals surface area contributed by atoms with Crippen molar-refractivity contribution in [2.45, 2.75) is 5.25 Å². The Balaban J connectivity index is 2.02. The number of rotatable bonds is 2. The molecule has 1 saturated heterocycles. The molecule has 2 N–H and O–H groups in total. The number of aromatic nitrogens is 2. The fraction of sp³-hybridized carbons (Fsp3) is 0.286. The highest BCUT2D eigenvalue weighted by molar-refractivity contribution is 8.06. The molecule has 1 aliphatic heterocycles. The first-order valence-electron chi connectivity index (χ1n) is 6.43. The van der Waals surface area contributed by atoms with Crippen molar-refractivity contribution in [2.24, 2.45) is 0 Å². The molecule has 21 heavy (non-hydrogen) atoms. The zero-order chi connectivity index (χ0) is 14.8. The second kappa shape index (κ2) is 6.34. The maximum absolute atomic E-state index is 12.3. The summed E-state index contributed by atoms with van der Waals surface area (Å²) in [5.74, 6) is 3.32. The van der Waals surface area contributed by atoms with Crippen LogP contribution in [0.4, 0.5) is 0 Å². The molecular formula is C14H13ClN2O2S2. The summed E-state index contributed by atoms with van der Waals surface area (Å²) >= 11 is 9.51. The normalized spacial score (nSPS) is 18.6. The van der Waals surface area contributed by atoms with Gasteiger partial charge in [0.25, 0.3) is 5.56 Å². The summed E-state index contributed by atoms with van der Waals surface area (Å²) in [6.45, 7) is 0. The van der Waals surface area contributed by atoms with E-state index >= 15 is 0 Å². The lowest BCUT2D eigenvalue weighted by Crippen LogP contribution is -2.18. The monoisotopic (exact) mass is 340 g/mol. The highest BCUT2D eigenvalue weighted by Gasteiger charge is 2.21. The lowest BCUT2D eigenvalue weighted by molar-refractivity contribution is 0.450. The lowest BCUT2D eigenvalue weighted by Gasteiger charge is -2.20. The molecule has 0 radical (unpaired) electrons. The van der Waals surface area contributed by atoms with E-state index in [1.165, 1.54) is 0 Å². The van der Waals surface area contributed by atoms with E-state index in [4.69, 9.17) is 11.6 Å². The van der Waals surface area contributed by atoms with Crippen molar-refractivity contribution in [3.8, 4) is 17.0 Å². The first-order chi connectivity index (χ1) is 10.1. The molecular weight excluding hydrogens is 328 g/mol. The summed E-state index contributed by atoms with van der Waals surface area (Å²) < 4.78 is 0. The molecule has 1 aromatic heterocycles. The summed E-state index contributed by atoms with van der Waals surface area (Å²) in [4.78, 5) is 19.3. The SMILES string of the molecule is O=c1[nH]c(C2CSCCS2)nc(O)c1-c1cccc(Cl)c1. The van der Waals surface area contributed by atoms with Gasteiger partial charge in [-0.15, -0.1) is 11.8 Å². The van der Waals surface area contributed by atoms with Crippen molar-refractivity contribution in [1.82, 2.24) is 9.97 Å². The highest BCUT2D eigenvalue weighted by Crippen LogP contribution is 2.36. The maximum atomic E-state index is 12.3. The van der Waals surface area contributed by atoms with Gasteiger partial charge >= 0.3 is 0 Å². The molecule has 2 heterocycles. The molecule has 0 spiro atoms. The number of nitrogens with zero attached hydrogens (tertiary/aromatic N) is 1. The average molecular weight is 341 g/mol. The molecule has 0 bridgehead atoms. The largest absolute Gasteiger partial charge is 0.493 e. The molecule has 1 aliphatic rings. The van der Waals surface area contributed by atoms with Crippen LogP contribution in [0.5, 0.6) is 5.88 Å². The number of nitrogens with one attached hydrogen (secondary N) is 1. The van der Waals surface area contributed by atoms with E-state index in [1.807, 2.05) is 11.8 Å². The molecule has 0 amide bonds. The van der Waals surface area contributed by atoms with Gasteiger partial charge in [-0.1, -0.05) is 23.7 Å². The molecule has 4 nitrogen and oxygen atoms in total. The van der Waals surface area contributed by atoms with Crippen LogP contribution >= 0.6 is 35.1 Å². The van der Waals surface area contributed by atoms with Crippen molar-refractivity contribution in [2.75, 3.05) is 17.3 Å². The number of benzene rings is 1. The van der Waals surface area contributed by atoms with Gasteiger partial charge in [-0.3, -0.25) is 4.79 Å². The van der Waals surface area contributed by atoms with Crippen LogP contribution < -0.4 is 5.56 Å². The van der Waals surface area contributed by atoms with Gasteiger partial charge in [-0.05, 0) is 17.7 Å². The van der Waals surface area contributed by atoms with Gasteiger partial charge in [0.05, 0.1) is 5.25 Å². The predicted octanol–water partition coefficient (Wildman–Crippen LogP) is 3.32. The van der Waals surface area contributed by atoms with Crippen LogP contribution in [0.15, 0.2) is 29.1 Å². The van der Waals surface area contributed by atoms with Gasteiger partial charge in [0.15, 0.2) is 0 Å². The Morgan fingerprint density at radius 1 is 1.38 bits per heavy atom. The minimum atomic E-state index is -0.337. The first-order valence-corrected chi connectivity index (χ1v) is 9.02. The van der Waals surface area contributed by atoms with Crippen molar-refractivity contribution in [3.05, 3.63) is 45.5 Å². The van der Waals surface area contributed by atoms with Crippen molar-refractivity contribution in [1.29, 1.82) is 0 Å². The predicted molar refractivity (Wildman–Crippen MR) is 89.5 cm³/mol. The van der Waals surface area contributed by atoms with Gasteiger partial charge in [-0.25, -0.2) is 0 Å². The Labute approximate surface area is 135 Å². The number of aromatic amines is 1. The van der Waals surface area contributed by atoms with E-state index in [0.29, 0.717) is 16.4 Å². The third-order valence-electron chi connectivity index (χ3n) is 3.15.